The summed E-state index contributed by atoms with van der Waals surface area (Å²) in [6, 6.07) is 70.3. The van der Waals surface area contributed by atoms with Crippen molar-refractivity contribution in [2.75, 3.05) is 14.7 Å². The summed E-state index contributed by atoms with van der Waals surface area (Å²) in [6.07, 6.45) is 4.85. The Morgan fingerprint density at radius 2 is 0.889 bits per heavy atom. The number of aryl methyl sites for hydroxylation is 2. The van der Waals surface area contributed by atoms with Gasteiger partial charge in [0, 0.05) is 50.9 Å². The number of fused-ring (bicyclic) bond motifs is 3. The molecule has 63 heavy (non-hydrogen) atoms. The molecule has 8 aromatic rings. The summed E-state index contributed by atoms with van der Waals surface area (Å²) in [7, 11) is -2.95. The van der Waals surface area contributed by atoms with Gasteiger partial charge in [-0.05, 0) is 142 Å². The van der Waals surface area contributed by atoms with Crippen LogP contribution in [0.5, 0.6) is 0 Å². The summed E-state index contributed by atoms with van der Waals surface area (Å²) >= 11 is 0. The average Bonchev–Trinajstić information content (AvgIpc) is 3.53. The molecule has 5 aliphatic rings. The molecule has 3 nitrogen and oxygen atoms in total. The zero-order valence-corrected chi connectivity index (χ0v) is 37.6. The summed E-state index contributed by atoms with van der Waals surface area (Å²) < 4.78 is 0. The van der Waals surface area contributed by atoms with Gasteiger partial charge in [-0.2, -0.15) is 0 Å². The van der Waals surface area contributed by atoms with Crippen LogP contribution in [0.2, 0.25) is 0 Å². The minimum Gasteiger partial charge on any atom is -0.334 e. The molecule has 304 valence electrons. The van der Waals surface area contributed by atoms with Gasteiger partial charge in [0.2, 0.25) is 0 Å². The lowest BCUT2D eigenvalue weighted by Gasteiger charge is -2.53. The van der Waals surface area contributed by atoms with Gasteiger partial charge in [-0.1, -0.05) is 147 Å². The minimum atomic E-state index is -2.95. The summed E-state index contributed by atoms with van der Waals surface area (Å²) in [5.41, 5.74) is 18.6. The molecular formula is C58H50BN3Si. The molecule has 0 N–H and O–H groups in total. The fraction of sp³-hybridized carbons (Fsp3) is 0.172. The SMILES string of the molecule is Cc1cc2c3c(c1)[Si](c1ccccc1)(c1ccccc1)c1cc(C)cc4c1B3c1c(cc(N3c5ccccc5C5(C)CCCCC35C)cc1N4c1ccccc1)N2c1ccccc1. The second kappa shape index (κ2) is 13.2. The van der Waals surface area contributed by atoms with Crippen LogP contribution >= 0.6 is 0 Å². The molecule has 1 aliphatic carbocycles. The first-order chi connectivity index (χ1) is 30.8. The van der Waals surface area contributed by atoms with E-state index in [0.29, 0.717) is 0 Å². The Morgan fingerprint density at radius 3 is 1.41 bits per heavy atom. The quantitative estimate of drug-likeness (QED) is 0.160. The van der Waals surface area contributed by atoms with E-state index in [1.807, 2.05) is 0 Å². The molecule has 2 unspecified atom stereocenters. The van der Waals surface area contributed by atoms with Gasteiger partial charge in [0.1, 0.15) is 0 Å². The zero-order valence-electron chi connectivity index (χ0n) is 36.6. The lowest BCUT2D eigenvalue weighted by Crippen LogP contribution is -2.88. The Morgan fingerprint density at radius 1 is 0.444 bits per heavy atom. The molecule has 0 radical (unpaired) electrons. The van der Waals surface area contributed by atoms with Crippen LogP contribution in [0.4, 0.5) is 45.5 Å². The average molecular weight is 828 g/mol. The number of anilines is 8. The molecule has 13 rings (SSSR count). The van der Waals surface area contributed by atoms with E-state index >= 15 is 0 Å². The zero-order chi connectivity index (χ0) is 42.2. The monoisotopic (exact) mass is 827 g/mol. The Hall–Kier alpha value is -6.56. The number of benzene rings is 8. The van der Waals surface area contributed by atoms with E-state index in [1.165, 1.54) is 119 Å². The maximum Gasteiger partial charge on any atom is 0.251 e. The van der Waals surface area contributed by atoms with E-state index in [9.17, 15) is 0 Å². The Kier molecular flexibility index (Phi) is 7.78. The van der Waals surface area contributed by atoms with E-state index < -0.39 is 8.07 Å². The fourth-order valence-corrected chi connectivity index (χ4v) is 18.9. The summed E-state index contributed by atoms with van der Waals surface area (Å²) in [5.74, 6) is 0. The van der Waals surface area contributed by atoms with Crippen molar-refractivity contribution in [2.24, 2.45) is 0 Å². The number of hydrogen-bond donors (Lipinski definition) is 0. The van der Waals surface area contributed by atoms with Crippen LogP contribution in [0.15, 0.2) is 182 Å². The van der Waals surface area contributed by atoms with Gasteiger partial charge in [0.15, 0.2) is 8.07 Å². The number of rotatable bonds is 5. The topological polar surface area (TPSA) is 9.72 Å². The van der Waals surface area contributed by atoms with Crippen LogP contribution in [0.25, 0.3) is 0 Å². The maximum atomic E-state index is 2.78. The minimum absolute atomic E-state index is 0.0383. The van der Waals surface area contributed by atoms with Gasteiger partial charge in [-0.25, -0.2) is 0 Å². The maximum absolute atomic E-state index is 2.95. The number of para-hydroxylation sites is 3. The van der Waals surface area contributed by atoms with Crippen molar-refractivity contribution in [2.45, 2.75) is 64.3 Å². The lowest BCUT2D eigenvalue weighted by atomic mass is 9.33. The van der Waals surface area contributed by atoms with Crippen molar-refractivity contribution >= 4 is 97.4 Å². The van der Waals surface area contributed by atoms with Gasteiger partial charge in [0.05, 0.1) is 5.54 Å². The summed E-state index contributed by atoms with van der Waals surface area (Å²) in [6.45, 7) is 9.82. The number of hydrogen-bond acceptors (Lipinski definition) is 3. The molecule has 8 aromatic carbocycles. The summed E-state index contributed by atoms with van der Waals surface area (Å²) in [5, 5.41) is 5.88. The molecule has 0 saturated heterocycles. The van der Waals surface area contributed by atoms with Gasteiger partial charge >= 0.3 is 0 Å². The van der Waals surface area contributed by atoms with Crippen LogP contribution < -0.4 is 51.8 Å². The first-order valence-electron chi connectivity index (χ1n) is 23.0. The number of nitrogens with zero attached hydrogens (tertiary/aromatic N) is 3. The standard InChI is InChI=1S/C58H50BN3Si/c1-39-33-48-55-52(35-39)63(44-25-13-7-14-26-44,45-27-15-8-16-28-45)53-36-40(2)34-49-56(53)59(55)54-50(60(48)41-21-9-5-10-22-41)37-43(38-51(54)61(49)42-23-11-6-12-24-42)62-47-30-18-17-29-46(47)57(3)31-19-20-32-58(57,62)4/h5-18,21-30,33-38H,19-20,31-32H2,1-4H3. The molecule has 5 heteroatoms. The van der Waals surface area contributed by atoms with Gasteiger partial charge in [0.25, 0.3) is 6.71 Å². The van der Waals surface area contributed by atoms with Crippen LogP contribution in [0, 0.1) is 13.8 Å². The van der Waals surface area contributed by atoms with Crippen molar-refractivity contribution in [1.29, 1.82) is 0 Å². The smallest absolute Gasteiger partial charge is 0.251 e. The highest BCUT2D eigenvalue weighted by Gasteiger charge is 2.60. The molecule has 0 aromatic heterocycles. The largest absolute Gasteiger partial charge is 0.334 e. The van der Waals surface area contributed by atoms with Crippen LogP contribution in [0.3, 0.4) is 0 Å². The van der Waals surface area contributed by atoms with E-state index in [-0.39, 0.29) is 17.7 Å². The molecule has 0 bridgehead atoms. The third kappa shape index (κ3) is 4.76. The molecule has 2 atom stereocenters. The second-order valence-electron chi connectivity index (χ2n) is 19.3. The van der Waals surface area contributed by atoms with Gasteiger partial charge < -0.3 is 14.7 Å². The lowest BCUT2D eigenvalue weighted by molar-refractivity contribution is 0.195. The van der Waals surface area contributed by atoms with E-state index in [1.54, 1.807) is 0 Å². The Bertz CT molecular complexity index is 2990. The van der Waals surface area contributed by atoms with Crippen LogP contribution in [-0.4, -0.2) is 20.3 Å². The molecule has 1 saturated carbocycles. The van der Waals surface area contributed by atoms with Gasteiger partial charge in [-0.3, -0.25) is 0 Å². The Labute approximate surface area is 373 Å². The van der Waals surface area contributed by atoms with Crippen molar-refractivity contribution < 1.29 is 0 Å². The third-order valence-corrected chi connectivity index (χ3v) is 20.9. The highest BCUT2D eigenvalue weighted by atomic mass is 28.3. The first-order valence-corrected chi connectivity index (χ1v) is 25.0. The molecule has 0 spiro atoms. The van der Waals surface area contributed by atoms with E-state index in [4.69, 9.17) is 0 Å². The molecule has 4 aliphatic heterocycles. The van der Waals surface area contributed by atoms with E-state index in [0.717, 1.165) is 6.42 Å². The summed E-state index contributed by atoms with van der Waals surface area (Å²) in [4.78, 5) is 8.08. The van der Waals surface area contributed by atoms with Gasteiger partial charge in [-0.15, -0.1) is 0 Å². The predicted molar refractivity (Wildman–Crippen MR) is 270 cm³/mol. The van der Waals surface area contributed by atoms with Crippen molar-refractivity contribution in [3.8, 4) is 0 Å². The first kappa shape index (κ1) is 37.0. The highest BCUT2D eigenvalue weighted by molar-refractivity contribution is 7.27. The molecule has 0 amide bonds. The van der Waals surface area contributed by atoms with Crippen LogP contribution in [-0.2, 0) is 5.41 Å². The third-order valence-electron chi connectivity index (χ3n) is 16.1. The van der Waals surface area contributed by atoms with Crippen molar-refractivity contribution in [1.82, 2.24) is 0 Å². The Balaban J connectivity index is 1.22. The second-order valence-corrected chi connectivity index (χ2v) is 23.0. The van der Waals surface area contributed by atoms with Crippen molar-refractivity contribution in [3.05, 3.63) is 199 Å². The van der Waals surface area contributed by atoms with Crippen molar-refractivity contribution in [3.63, 3.8) is 0 Å². The molecule has 1 fully saturated rings. The molecular weight excluding hydrogens is 778 g/mol. The van der Waals surface area contributed by atoms with E-state index in [2.05, 4.69) is 224 Å². The van der Waals surface area contributed by atoms with Crippen LogP contribution in [0.1, 0.15) is 56.2 Å². The fourth-order valence-electron chi connectivity index (χ4n) is 13.4. The highest BCUT2D eigenvalue weighted by Crippen LogP contribution is 2.61. The predicted octanol–water partition coefficient (Wildman–Crippen LogP) is 9.82. The normalized spacial score (nSPS) is 20.6. The molecule has 4 heterocycles.